The van der Waals surface area contributed by atoms with Crippen LogP contribution in [-0.2, 0) is 19.4 Å². The van der Waals surface area contributed by atoms with Crippen LogP contribution < -0.4 is 11.1 Å². The van der Waals surface area contributed by atoms with E-state index in [1.54, 1.807) is 23.6 Å². The van der Waals surface area contributed by atoms with Crippen LogP contribution in [0.25, 0.3) is 0 Å². The highest BCUT2D eigenvalue weighted by Crippen LogP contribution is 2.30. The van der Waals surface area contributed by atoms with Crippen LogP contribution in [-0.4, -0.2) is 15.5 Å². The Morgan fingerprint density at radius 3 is 3.15 bits per heavy atom. The van der Waals surface area contributed by atoms with Gasteiger partial charge in [-0.2, -0.15) is 0 Å². The van der Waals surface area contributed by atoms with E-state index in [0.717, 1.165) is 31.5 Å². The lowest BCUT2D eigenvalue weighted by molar-refractivity contribution is 0.101. The van der Waals surface area contributed by atoms with Crippen molar-refractivity contribution in [2.75, 3.05) is 11.1 Å². The van der Waals surface area contributed by atoms with E-state index in [4.69, 9.17) is 5.73 Å². The molecule has 0 radical (unpaired) electrons. The summed E-state index contributed by atoms with van der Waals surface area (Å²) in [6, 6.07) is 1.71. The Hall–Kier alpha value is -1.82. The van der Waals surface area contributed by atoms with Crippen molar-refractivity contribution in [3.8, 4) is 0 Å². The number of thiazole rings is 1. The number of carbonyl (C=O) groups is 1. The first kappa shape index (κ1) is 13.2. The van der Waals surface area contributed by atoms with Crippen molar-refractivity contribution in [2.45, 2.75) is 39.2 Å². The Kier molecular flexibility index (Phi) is 3.48. The zero-order valence-electron chi connectivity index (χ0n) is 11.5. The zero-order chi connectivity index (χ0) is 14.1. The van der Waals surface area contributed by atoms with Crippen LogP contribution in [0.4, 0.5) is 10.8 Å². The number of nitrogens with zero attached hydrogens (tertiary/aromatic N) is 2. The number of aryl methyl sites for hydroxylation is 3. The fourth-order valence-corrected chi connectivity index (χ4v) is 3.60. The van der Waals surface area contributed by atoms with Gasteiger partial charge in [0.05, 0.1) is 11.4 Å². The number of rotatable bonds is 4. The average molecular weight is 290 g/mol. The number of amides is 1. The number of nitrogens with one attached hydrogen (secondary N) is 1. The van der Waals surface area contributed by atoms with E-state index in [2.05, 4.69) is 17.2 Å². The summed E-state index contributed by atoms with van der Waals surface area (Å²) in [6.45, 7) is 2.86. The van der Waals surface area contributed by atoms with Gasteiger partial charge >= 0.3 is 0 Å². The molecule has 0 bridgehead atoms. The highest BCUT2D eigenvalue weighted by molar-refractivity contribution is 7.15. The molecule has 2 aromatic rings. The van der Waals surface area contributed by atoms with Crippen molar-refractivity contribution < 1.29 is 4.79 Å². The summed E-state index contributed by atoms with van der Waals surface area (Å²) in [5.41, 5.74) is 8.15. The number of nitrogen functional groups attached to an aromatic ring is 1. The third-order valence-electron chi connectivity index (χ3n) is 3.43. The number of hydrogen-bond acceptors (Lipinski definition) is 4. The first-order valence-electron chi connectivity index (χ1n) is 6.93. The van der Waals surface area contributed by atoms with Crippen LogP contribution in [0.1, 0.15) is 40.8 Å². The largest absolute Gasteiger partial charge is 0.397 e. The Morgan fingerprint density at radius 1 is 1.55 bits per heavy atom. The van der Waals surface area contributed by atoms with Crippen molar-refractivity contribution >= 4 is 28.1 Å². The molecule has 6 heteroatoms. The standard InChI is InChI=1S/C14H18N4OS/c1-2-6-18-8-9(15)7-11(18)13(19)17-14-16-10-4-3-5-12(10)20-14/h7-8H,2-6,15H2,1H3,(H,16,17,19). The lowest BCUT2D eigenvalue weighted by Gasteiger charge is -2.06. The number of aromatic nitrogens is 2. The van der Waals surface area contributed by atoms with Crippen LogP contribution in [0.5, 0.6) is 0 Å². The van der Waals surface area contributed by atoms with Crippen molar-refractivity contribution in [2.24, 2.45) is 0 Å². The molecule has 5 nitrogen and oxygen atoms in total. The minimum atomic E-state index is -0.137. The first-order valence-corrected chi connectivity index (χ1v) is 7.74. The second-order valence-electron chi connectivity index (χ2n) is 5.05. The normalized spacial score (nSPS) is 13.4. The summed E-state index contributed by atoms with van der Waals surface area (Å²) in [5.74, 6) is -0.137. The van der Waals surface area contributed by atoms with E-state index < -0.39 is 0 Å². The van der Waals surface area contributed by atoms with Gasteiger partial charge in [-0.1, -0.05) is 6.92 Å². The van der Waals surface area contributed by atoms with E-state index in [0.29, 0.717) is 16.5 Å². The van der Waals surface area contributed by atoms with Gasteiger partial charge in [-0.15, -0.1) is 11.3 Å². The van der Waals surface area contributed by atoms with Gasteiger partial charge in [0, 0.05) is 17.6 Å². The van der Waals surface area contributed by atoms with Gasteiger partial charge < -0.3 is 10.3 Å². The lowest BCUT2D eigenvalue weighted by Crippen LogP contribution is -2.16. The molecule has 2 heterocycles. The summed E-state index contributed by atoms with van der Waals surface area (Å²) in [7, 11) is 0. The molecule has 0 aromatic carbocycles. The summed E-state index contributed by atoms with van der Waals surface area (Å²) >= 11 is 1.59. The molecule has 1 aliphatic rings. The lowest BCUT2D eigenvalue weighted by atomic mass is 10.3. The Bertz CT molecular complexity index is 622. The predicted octanol–water partition coefficient (Wildman–Crippen LogP) is 2.68. The van der Waals surface area contributed by atoms with Crippen LogP contribution in [0.3, 0.4) is 0 Å². The molecule has 0 saturated heterocycles. The second-order valence-corrected chi connectivity index (χ2v) is 6.13. The molecule has 1 amide bonds. The van der Waals surface area contributed by atoms with Gasteiger partial charge in [0.25, 0.3) is 5.91 Å². The average Bonchev–Trinajstić information content (AvgIpc) is 3.04. The van der Waals surface area contributed by atoms with Crippen LogP contribution in [0, 0.1) is 0 Å². The maximum absolute atomic E-state index is 12.3. The van der Waals surface area contributed by atoms with Crippen molar-refractivity contribution in [3.63, 3.8) is 0 Å². The monoisotopic (exact) mass is 290 g/mol. The van der Waals surface area contributed by atoms with Gasteiger partial charge in [0.15, 0.2) is 5.13 Å². The first-order chi connectivity index (χ1) is 9.67. The molecule has 2 aromatic heterocycles. The maximum Gasteiger partial charge on any atom is 0.274 e. The third kappa shape index (κ3) is 2.43. The zero-order valence-corrected chi connectivity index (χ0v) is 12.3. The molecule has 106 valence electrons. The van der Waals surface area contributed by atoms with Gasteiger partial charge in [-0.25, -0.2) is 4.98 Å². The molecule has 0 spiro atoms. The fraction of sp³-hybridized carbons (Fsp3) is 0.429. The van der Waals surface area contributed by atoms with E-state index in [9.17, 15) is 4.79 Å². The summed E-state index contributed by atoms with van der Waals surface area (Å²) in [5, 5.41) is 3.59. The van der Waals surface area contributed by atoms with Crippen LogP contribution in [0.15, 0.2) is 12.3 Å². The summed E-state index contributed by atoms with van der Waals surface area (Å²) < 4.78 is 1.89. The number of nitrogens with two attached hydrogens (primary N) is 1. The van der Waals surface area contributed by atoms with E-state index >= 15 is 0 Å². The van der Waals surface area contributed by atoms with Gasteiger partial charge in [-0.3, -0.25) is 10.1 Å². The Labute approximate surface area is 121 Å². The van der Waals surface area contributed by atoms with Crippen LogP contribution in [0.2, 0.25) is 0 Å². The Morgan fingerprint density at radius 2 is 2.40 bits per heavy atom. The van der Waals surface area contributed by atoms with Crippen molar-refractivity contribution in [1.82, 2.24) is 9.55 Å². The Balaban J connectivity index is 1.78. The molecule has 1 aliphatic carbocycles. The minimum Gasteiger partial charge on any atom is -0.397 e. The molecular weight excluding hydrogens is 272 g/mol. The fourth-order valence-electron chi connectivity index (χ4n) is 2.55. The van der Waals surface area contributed by atoms with Gasteiger partial charge in [-0.05, 0) is 31.7 Å². The van der Waals surface area contributed by atoms with Gasteiger partial charge in [0.1, 0.15) is 5.69 Å². The molecule has 0 saturated carbocycles. The van der Waals surface area contributed by atoms with E-state index in [1.165, 1.54) is 11.3 Å². The smallest absolute Gasteiger partial charge is 0.274 e. The molecule has 3 N–H and O–H groups in total. The molecule has 0 fully saturated rings. The molecule has 0 aliphatic heterocycles. The van der Waals surface area contributed by atoms with Gasteiger partial charge in [0.2, 0.25) is 0 Å². The maximum atomic E-state index is 12.3. The van der Waals surface area contributed by atoms with E-state index in [-0.39, 0.29) is 5.91 Å². The minimum absolute atomic E-state index is 0.137. The second kappa shape index (κ2) is 5.28. The quantitative estimate of drug-likeness (QED) is 0.909. The molecule has 0 unspecified atom stereocenters. The molecule has 20 heavy (non-hydrogen) atoms. The molecule has 0 atom stereocenters. The topological polar surface area (TPSA) is 72.9 Å². The number of carbonyl (C=O) groups excluding carboxylic acids is 1. The highest BCUT2D eigenvalue weighted by Gasteiger charge is 2.19. The van der Waals surface area contributed by atoms with Crippen molar-refractivity contribution in [3.05, 3.63) is 28.5 Å². The van der Waals surface area contributed by atoms with E-state index in [1.807, 2.05) is 4.57 Å². The summed E-state index contributed by atoms with van der Waals surface area (Å²) in [6.07, 6.45) is 6.06. The number of fused-ring (bicyclic) bond motifs is 1. The number of anilines is 2. The third-order valence-corrected chi connectivity index (χ3v) is 4.50. The highest BCUT2D eigenvalue weighted by atomic mass is 32.1. The molecule has 3 rings (SSSR count). The predicted molar refractivity (Wildman–Crippen MR) is 81.2 cm³/mol. The summed E-state index contributed by atoms with van der Waals surface area (Å²) in [4.78, 5) is 18.1. The SMILES string of the molecule is CCCn1cc(N)cc1C(=O)Nc1nc2c(s1)CCC2. The van der Waals surface area contributed by atoms with Crippen molar-refractivity contribution in [1.29, 1.82) is 0 Å². The molecular formula is C14H18N4OS. The van der Waals surface area contributed by atoms with Crippen LogP contribution >= 0.6 is 11.3 Å². The number of hydrogen-bond donors (Lipinski definition) is 2.